The molecule has 0 aliphatic heterocycles. The molecule has 2 N–H and O–H groups in total. The minimum atomic E-state index is -4.31. The average Bonchev–Trinajstić information content (AvgIpc) is 2.73. The van der Waals surface area contributed by atoms with Crippen molar-refractivity contribution < 1.29 is 22.4 Å². The highest BCUT2D eigenvalue weighted by Crippen LogP contribution is 2.55. The molecule has 0 amide bonds. The quantitative estimate of drug-likeness (QED) is 0.446. The van der Waals surface area contributed by atoms with Crippen LogP contribution in [0.4, 0.5) is 0 Å². The first-order valence-corrected chi connectivity index (χ1v) is 12.6. The normalized spacial score (nSPS) is 14.8. The van der Waals surface area contributed by atoms with Crippen molar-refractivity contribution in [2.75, 3.05) is 6.61 Å². The summed E-state index contributed by atoms with van der Waals surface area (Å²) in [6.07, 6.45) is 0. The number of hydrogen-bond donors (Lipinski definition) is 2. The van der Waals surface area contributed by atoms with Crippen LogP contribution in [0.1, 0.15) is 18.3 Å². The van der Waals surface area contributed by atoms with Gasteiger partial charge in [-0.25, -0.2) is 8.42 Å². The molecule has 30 heavy (non-hydrogen) atoms. The molecule has 158 valence electrons. The van der Waals surface area contributed by atoms with Gasteiger partial charge in [-0.2, -0.15) is 4.72 Å². The standard InChI is InChI=1S/C21H21ClNO5PS/c1-2-28-29(24,25)21(18-6-4-3-5-7-18)23-30(26,27)20-14-10-17(11-15-20)16-8-12-19(22)13-9-16/h3-15,21,23H,2H2,1H3,(H,24,25). The van der Waals surface area contributed by atoms with E-state index in [4.69, 9.17) is 16.1 Å². The highest BCUT2D eigenvalue weighted by molar-refractivity contribution is 7.89. The fourth-order valence-corrected chi connectivity index (χ4v) is 6.11. The van der Waals surface area contributed by atoms with Gasteiger partial charge in [0.05, 0.1) is 11.5 Å². The molecule has 0 fully saturated rings. The lowest BCUT2D eigenvalue weighted by Crippen LogP contribution is -2.29. The molecular formula is C21H21ClNO5PS. The van der Waals surface area contributed by atoms with Crippen LogP contribution in [-0.4, -0.2) is 19.9 Å². The molecule has 0 spiro atoms. The van der Waals surface area contributed by atoms with Gasteiger partial charge in [0.25, 0.3) is 0 Å². The summed E-state index contributed by atoms with van der Waals surface area (Å²) in [7, 11) is -8.40. The van der Waals surface area contributed by atoms with Gasteiger partial charge < -0.3 is 9.42 Å². The Balaban J connectivity index is 1.91. The molecule has 0 bridgehead atoms. The molecule has 9 heteroatoms. The number of sulfonamides is 1. The van der Waals surface area contributed by atoms with Crippen LogP contribution in [0, 0.1) is 0 Å². The molecule has 0 saturated heterocycles. The summed E-state index contributed by atoms with van der Waals surface area (Å²) in [4.78, 5) is 10.3. The van der Waals surface area contributed by atoms with Crippen LogP contribution >= 0.6 is 19.2 Å². The number of rotatable bonds is 8. The van der Waals surface area contributed by atoms with Crippen LogP contribution < -0.4 is 4.72 Å². The molecule has 3 aromatic carbocycles. The van der Waals surface area contributed by atoms with E-state index in [-0.39, 0.29) is 11.5 Å². The largest absolute Gasteiger partial charge is 0.350 e. The molecule has 3 rings (SSSR count). The van der Waals surface area contributed by atoms with Gasteiger partial charge in [-0.15, -0.1) is 0 Å². The second kappa shape index (κ2) is 9.43. The minimum absolute atomic E-state index is 0.0300. The predicted octanol–water partition coefficient (Wildman–Crippen LogP) is 5.21. The van der Waals surface area contributed by atoms with Crippen molar-refractivity contribution in [3.63, 3.8) is 0 Å². The average molecular weight is 466 g/mol. The molecule has 0 heterocycles. The maximum absolute atomic E-state index is 12.9. The zero-order valence-electron chi connectivity index (χ0n) is 16.1. The monoisotopic (exact) mass is 465 g/mol. The van der Waals surface area contributed by atoms with Gasteiger partial charge in [-0.05, 0) is 47.9 Å². The number of halogens is 1. The second-order valence-electron chi connectivity index (χ2n) is 6.45. The van der Waals surface area contributed by atoms with Crippen molar-refractivity contribution in [1.82, 2.24) is 4.72 Å². The van der Waals surface area contributed by atoms with E-state index >= 15 is 0 Å². The zero-order valence-corrected chi connectivity index (χ0v) is 18.6. The van der Waals surface area contributed by atoms with Crippen molar-refractivity contribution in [1.29, 1.82) is 0 Å². The van der Waals surface area contributed by atoms with Crippen molar-refractivity contribution in [2.45, 2.75) is 17.6 Å². The lowest BCUT2D eigenvalue weighted by atomic mass is 10.1. The third-order valence-electron chi connectivity index (χ3n) is 4.36. The van der Waals surface area contributed by atoms with Crippen LogP contribution in [0.5, 0.6) is 0 Å². The molecule has 0 radical (unpaired) electrons. The summed E-state index contributed by atoms with van der Waals surface area (Å²) in [5.41, 5.74) is 2.03. The Hall–Kier alpha value is -1.99. The smallest absolute Gasteiger partial charge is 0.323 e. The Labute approximate surface area is 181 Å². The molecule has 0 aliphatic carbocycles. The first-order valence-electron chi connectivity index (χ1n) is 9.13. The van der Waals surface area contributed by atoms with Crippen LogP contribution in [0.25, 0.3) is 11.1 Å². The Morgan fingerprint density at radius 3 is 2.03 bits per heavy atom. The molecule has 0 aliphatic rings. The van der Waals surface area contributed by atoms with Gasteiger partial charge in [0.1, 0.15) is 5.78 Å². The van der Waals surface area contributed by atoms with E-state index in [9.17, 15) is 17.9 Å². The van der Waals surface area contributed by atoms with Crippen molar-refractivity contribution >= 4 is 29.2 Å². The lowest BCUT2D eigenvalue weighted by molar-refractivity contribution is 0.262. The van der Waals surface area contributed by atoms with Gasteiger partial charge in [-0.3, -0.25) is 4.57 Å². The number of nitrogens with one attached hydrogen (secondary N) is 1. The van der Waals surface area contributed by atoms with E-state index in [1.165, 1.54) is 12.1 Å². The fourth-order valence-electron chi connectivity index (χ4n) is 2.90. The van der Waals surface area contributed by atoms with Gasteiger partial charge in [0, 0.05) is 5.02 Å². The number of benzene rings is 3. The third kappa shape index (κ3) is 5.38. The van der Waals surface area contributed by atoms with Crippen molar-refractivity contribution in [2.24, 2.45) is 0 Å². The Bertz CT molecular complexity index is 1140. The predicted molar refractivity (Wildman–Crippen MR) is 118 cm³/mol. The van der Waals surface area contributed by atoms with E-state index in [1.54, 1.807) is 61.5 Å². The number of hydrogen-bond acceptors (Lipinski definition) is 4. The van der Waals surface area contributed by atoms with Gasteiger partial charge in [0.2, 0.25) is 10.0 Å². The van der Waals surface area contributed by atoms with Crippen molar-refractivity contribution in [3.05, 3.63) is 89.4 Å². The van der Waals surface area contributed by atoms with E-state index in [2.05, 4.69) is 4.72 Å². The first-order chi connectivity index (χ1) is 14.2. The molecule has 0 saturated carbocycles. The summed E-state index contributed by atoms with van der Waals surface area (Å²) >= 11 is 5.90. The lowest BCUT2D eigenvalue weighted by Gasteiger charge is -2.23. The van der Waals surface area contributed by atoms with E-state index in [0.717, 1.165) is 11.1 Å². The SMILES string of the molecule is CCOP(=O)(O)C(NS(=O)(=O)c1ccc(-c2ccc(Cl)cc2)cc1)c1ccccc1. The second-order valence-corrected chi connectivity index (χ2v) is 10.5. The summed E-state index contributed by atoms with van der Waals surface area (Å²) < 4.78 is 45.9. The Morgan fingerprint density at radius 1 is 0.967 bits per heavy atom. The van der Waals surface area contributed by atoms with Gasteiger partial charge >= 0.3 is 7.60 Å². The van der Waals surface area contributed by atoms with Crippen LogP contribution in [-0.2, 0) is 19.1 Å². The Kier molecular flexibility index (Phi) is 7.14. The maximum Gasteiger partial charge on any atom is 0.350 e. The highest BCUT2D eigenvalue weighted by Gasteiger charge is 2.37. The summed E-state index contributed by atoms with van der Waals surface area (Å²) in [5.74, 6) is -1.43. The summed E-state index contributed by atoms with van der Waals surface area (Å²) in [5, 5.41) is 0.608. The van der Waals surface area contributed by atoms with Gasteiger partial charge in [-0.1, -0.05) is 66.2 Å². The molecule has 0 aromatic heterocycles. The fraction of sp³-hybridized carbons (Fsp3) is 0.143. The molecule has 2 atom stereocenters. The van der Waals surface area contributed by atoms with E-state index < -0.39 is 23.4 Å². The molecule has 3 aromatic rings. The molecular weight excluding hydrogens is 445 g/mol. The third-order valence-corrected chi connectivity index (χ3v) is 7.94. The zero-order chi connectivity index (χ0) is 21.8. The van der Waals surface area contributed by atoms with Crippen molar-refractivity contribution in [3.8, 4) is 11.1 Å². The van der Waals surface area contributed by atoms with Crippen LogP contribution in [0.15, 0.2) is 83.8 Å². The molecule has 6 nitrogen and oxygen atoms in total. The van der Waals surface area contributed by atoms with Crippen LogP contribution in [0.3, 0.4) is 0 Å². The topological polar surface area (TPSA) is 92.7 Å². The van der Waals surface area contributed by atoms with Crippen LogP contribution in [0.2, 0.25) is 5.02 Å². The molecule has 2 unspecified atom stereocenters. The highest BCUT2D eigenvalue weighted by atomic mass is 35.5. The van der Waals surface area contributed by atoms with E-state index in [0.29, 0.717) is 10.6 Å². The summed E-state index contributed by atoms with van der Waals surface area (Å²) in [6, 6.07) is 21.6. The first kappa shape index (κ1) is 22.7. The minimum Gasteiger partial charge on any atom is -0.323 e. The maximum atomic E-state index is 12.9. The summed E-state index contributed by atoms with van der Waals surface area (Å²) in [6.45, 7) is 1.53. The Morgan fingerprint density at radius 2 is 1.50 bits per heavy atom. The van der Waals surface area contributed by atoms with E-state index in [1.807, 2.05) is 12.1 Å². The van der Waals surface area contributed by atoms with Gasteiger partial charge in [0.15, 0.2) is 0 Å².